The molecule has 0 atom stereocenters. The van der Waals surface area contributed by atoms with Gasteiger partial charge in [-0.05, 0) is 52.0 Å². The van der Waals surface area contributed by atoms with E-state index in [0.717, 1.165) is 34.2 Å². The van der Waals surface area contributed by atoms with Crippen molar-refractivity contribution in [1.29, 1.82) is 0 Å². The molecule has 3 heteroatoms. The largest absolute Gasteiger partial charge is 0.496 e. The van der Waals surface area contributed by atoms with Crippen LogP contribution < -0.4 is 4.74 Å². The van der Waals surface area contributed by atoms with Crippen LogP contribution in [0.2, 0.25) is 0 Å². The summed E-state index contributed by atoms with van der Waals surface area (Å²) >= 11 is 3.47. The van der Waals surface area contributed by atoms with Crippen molar-refractivity contribution in [3.63, 3.8) is 0 Å². The summed E-state index contributed by atoms with van der Waals surface area (Å²) in [6.45, 7) is 0. The van der Waals surface area contributed by atoms with Gasteiger partial charge in [-0.2, -0.15) is 0 Å². The summed E-state index contributed by atoms with van der Waals surface area (Å²) in [5.74, 6) is 1.10. The molecule has 0 bridgehead atoms. The SMILES string of the molecule is COc1ccc(CC(=O)C2(c3ccccc3)CC2)cc1Br. The number of halogens is 1. The second-order valence-electron chi connectivity index (χ2n) is 5.52. The van der Waals surface area contributed by atoms with Crippen molar-refractivity contribution in [3.05, 3.63) is 64.1 Å². The van der Waals surface area contributed by atoms with Gasteiger partial charge in [-0.1, -0.05) is 36.4 Å². The Hall–Kier alpha value is -1.61. The maximum Gasteiger partial charge on any atom is 0.147 e. The van der Waals surface area contributed by atoms with Gasteiger partial charge in [-0.25, -0.2) is 0 Å². The molecular weight excluding hydrogens is 328 g/mol. The number of benzene rings is 2. The molecule has 0 amide bonds. The highest BCUT2D eigenvalue weighted by atomic mass is 79.9. The minimum Gasteiger partial charge on any atom is -0.496 e. The molecule has 1 fully saturated rings. The van der Waals surface area contributed by atoms with Gasteiger partial charge in [-0.15, -0.1) is 0 Å². The Morgan fingerprint density at radius 3 is 2.48 bits per heavy atom. The van der Waals surface area contributed by atoms with Gasteiger partial charge in [0.15, 0.2) is 0 Å². The quantitative estimate of drug-likeness (QED) is 0.808. The lowest BCUT2D eigenvalue weighted by molar-refractivity contribution is -0.120. The molecular formula is C18H17BrO2. The van der Waals surface area contributed by atoms with Crippen LogP contribution in [0.5, 0.6) is 5.75 Å². The van der Waals surface area contributed by atoms with Gasteiger partial charge >= 0.3 is 0 Å². The van der Waals surface area contributed by atoms with Crippen molar-refractivity contribution in [2.75, 3.05) is 7.11 Å². The summed E-state index contributed by atoms with van der Waals surface area (Å²) in [5, 5.41) is 0. The number of methoxy groups -OCH3 is 1. The predicted molar refractivity (Wildman–Crippen MR) is 86.8 cm³/mol. The lowest BCUT2D eigenvalue weighted by Crippen LogP contribution is -2.22. The molecule has 21 heavy (non-hydrogen) atoms. The van der Waals surface area contributed by atoms with Crippen molar-refractivity contribution in [2.24, 2.45) is 0 Å². The summed E-state index contributed by atoms with van der Waals surface area (Å²) in [5.41, 5.74) is 1.94. The maximum atomic E-state index is 12.7. The number of ether oxygens (including phenoxy) is 1. The molecule has 1 aliphatic carbocycles. The maximum absolute atomic E-state index is 12.7. The summed E-state index contributed by atoms with van der Waals surface area (Å²) in [6, 6.07) is 16.0. The molecule has 2 aromatic rings. The van der Waals surface area contributed by atoms with Gasteiger partial charge in [0.25, 0.3) is 0 Å². The normalized spacial score (nSPS) is 15.5. The third-order valence-electron chi connectivity index (χ3n) is 4.19. The number of rotatable bonds is 5. The summed E-state index contributed by atoms with van der Waals surface area (Å²) < 4.78 is 6.11. The van der Waals surface area contributed by atoms with Crippen LogP contribution in [0.3, 0.4) is 0 Å². The third-order valence-corrected chi connectivity index (χ3v) is 4.81. The zero-order valence-corrected chi connectivity index (χ0v) is 13.5. The topological polar surface area (TPSA) is 26.3 Å². The fourth-order valence-corrected chi connectivity index (χ4v) is 3.37. The second kappa shape index (κ2) is 5.64. The molecule has 0 radical (unpaired) electrons. The smallest absolute Gasteiger partial charge is 0.147 e. The second-order valence-corrected chi connectivity index (χ2v) is 6.37. The van der Waals surface area contributed by atoms with Crippen LogP contribution in [0.4, 0.5) is 0 Å². The van der Waals surface area contributed by atoms with E-state index in [9.17, 15) is 4.79 Å². The van der Waals surface area contributed by atoms with Crippen LogP contribution in [-0.2, 0) is 16.6 Å². The number of Topliss-reactive ketones (excluding diaryl/α,β-unsaturated/α-hetero) is 1. The molecule has 0 saturated heterocycles. The van der Waals surface area contributed by atoms with E-state index in [1.807, 2.05) is 36.4 Å². The third kappa shape index (κ3) is 2.75. The Labute approximate surface area is 133 Å². The molecule has 2 aromatic carbocycles. The Balaban J connectivity index is 1.79. The van der Waals surface area contributed by atoms with Crippen LogP contribution in [0.25, 0.3) is 0 Å². The fourth-order valence-electron chi connectivity index (χ4n) is 2.79. The van der Waals surface area contributed by atoms with Crippen LogP contribution in [-0.4, -0.2) is 12.9 Å². The van der Waals surface area contributed by atoms with E-state index in [1.54, 1.807) is 7.11 Å². The van der Waals surface area contributed by atoms with Crippen LogP contribution in [0.15, 0.2) is 53.0 Å². The van der Waals surface area contributed by atoms with Gasteiger partial charge in [0.2, 0.25) is 0 Å². The summed E-state index contributed by atoms with van der Waals surface area (Å²) in [4.78, 5) is 12.7. The van der Waals surface area contributed by atoms with Gasteiger partial charge in [0.05, 0.1) is 17.0 Å². The first kappa shape index (κ1) is 14.3. The highest BCUT2D eigenvalue weighted by Crippen LogP contribution is 2.49. The van der Waals surface area contributed by atoms with Crippen molar-refractivity contribution >= 4 is 21.7 Å². The number of hydrogen-bond acceptors (Lipinski definition) is 2. The van der Waals surface area contributed by atoms with Crippen LogP contribution in [0, 0.1) is 0 Å². The highest BCUT2D eigenvalue weighted by Gasteiger charge is 2.50. The van der Waals surface area contributed by atoms with E-state index < -0.39 is 0 Å². The molecule has 0 aromatic heterocycles. The molecule has 0 unspecified atom stereocenters. The lowest BCUT2D eigenvalue weighted by atomic mass is 9.88. The minimum atomic E-state index is -0.242. The molecule has 1 saturated carbocycles. The van der Waals surface area contributed by atoms with Crippen molar-refractivity contribution < 1.29 is 9.53 Å². The zero-order chi connectivity index (χ0) is 14.9. The van der Waals surface area contributed by atoms with Gasteiger partial charge in [-0.3, -0.25) is 4.79 Å². The molecule has 0 aliphatic heterocycles. The Kier molecular flexibility index (Phi) is 3.85. The monoisotopic (exact) mass is 344 g/mol. The van der Waals surface area contributed by atoms with Gasteiger partial charge in [0, 0.05) is 6.42 Å². The Morgan fingerprint density at radius 2 is 1.90 bits per heavy atom. The molecule has 0 spiro atoms. The van der Waals surface area contributed by atoms with Crippen LogP contribution in [0.1, 0.15) is 24.0 Å². The Morgan fingerprint density at radius 1 is 1.19 bits per heavy atom. The average molecular weight is 345 g/mol. The van der Waals surface area contributed by atoms with Crippen molar-refractivity contribution in [3.8, 4) is 5.75 Å². The van der Waals surface area contributed by atoms with Gasteiger partial charge < -0.3 is 4.74 Å². The molecule has 0 heterocycles. The number of carbonyl (C=O) groups excluding carboxylic acids is 1. The molecule has 3 rings (SSSR count). The van der Waals surface area contributed by atoms with E-state index in [2.05, 4.69) is 28.1 Å². The number of carbonyl (C=O) groups is 1. The van der Waals surface area contributed by atoms with E-state index in [-0.39, 0.29) is 5.41 Å². The molecule has 2 nitrogen and oxygen atoms in total. The predicted octanol–water partition coefficient (Wildman–Crippen LogP) is 4.30. The number of hydrogen-bond donors (Lipinski definition) is 0. The first-order chi connectivity index (χ1) is 10.2. The van der Waals surface area contributed by atoms with E-state index in [4.69, 9.17) is 4.74 Å². The first-order valence-corrected chi connectivity index (χ1v) is 7.86. The van der Waals surface area contributed by atoms with E-state index in [0.29, 0.717) is 12.2 Å². The summed E-state index contributed by atoms with van der Waals surface area (Å²) in [7, 11) is 1.64. The molecule has 0 N–H and O–H groups in total. The van der Waals surface area contributed by atoms with E-state index >= 15 is 0 Å². The van der Waals surface area contributed by atoms with Crippen LogP contribution >= 0.6 is 15.9 Å². The first-order valence-electron chi connectivity index (χ1n) is 7.07. The highest BCUT2D eigenvalue weighted by molar-refractivity contribution is 9.10. The summed E-state index contributed by atoms with van der Waals surface area (Å²) in [6.07, 6.45) is 2.40. The van der Waals surface area contributed by atoms with Crippen molar-refractivity contribution in [2.45, 2.75) is 24.7 Å². The molecule has 108 valence electrons. The Bertz CT molecular complexity index is 660. The van der Waals surface area contributed by atoms with E-state index in [1.165, 1.54) is 0 Å². The minimum absolute atomic E-state index is 0.242. The average Bonchev–Trinajstić information content (AvgIpc) is 3.30. The van der Waals surface area contributed by atoms with Crippen molar-refractivity contribution in [1.82, 2.24) is 0 Å². The zero-order valence-electron chi connectivity index (χ0n) is 11.9. The molecule has 1 aliphatic rings. The fraction of sp³-hybridized carbons (Fsp3) is 0.278. The standard InChI is InChI=1S/C18H17BrO2/c1-21-16-8-7-13(11-15(16)19)12-17(20)18(9-10-18)14-5-3-2-4-6-14/h2-8,11H,9-10,12H2,1H3. The lowest BCUT2D eigenvalue weighted by Gasteiger charge is -2.15. The number of ketones is 1. The van der Waals surface area contributed by atoms with Gasteiger partial charge in [0.1, 0.15) is 11.5 Å².